The Bertz CT molecular complexity index is 439. The summed E-state index contributed by atoms with van der Waals surface area (Å²) < 4.78 is 5.11. The molecule has 1 amide bonds. The second-order valence-electron chi connectivity index (χ2n) is 5.63. The van der Waals surface area contributed by atoms with Crippen molar-refractivity contribution < 1.29 is 9.53 Å². The fraction of sp³-hybridized carbons (Fsp3) is 0.588. The van der Waals surface area contributed by atoms with E-state index in [1.54, 1.807) is 7.11 Å². The summed E-state index contributed by atoms with van der Waals surface area (Å²) in [5.41, 5.74) is 0.820. The Labute approximate surface area is 127 Å². The van der Waals surface area contributed by atoms with Crippen molar-refractivity contribution in [3.63, 3.8) is 0 Å². The molecule has 0 radical (unpaired) electrons. The van der Waals surface area contributed by atoms with Crippen LogP contribution in [0.5, 0.6) is 5.75 Å². The fourth-order valence-electron chi connectivity index (χ4n) is 3.00. The van der Waals surface area contributed by atoms with E-state index >= 15 is 0 Å². The molecule has 0 aromatic heterocycles. The van der Waals surface area contributed by atoms with Crippen LogP contribution in [0.2, 0.25) is 0 Å². The minimum Gasteiger partial charge on any atom is -0.497 e. The summed E-state index contributed by atoms with van der Waals surface area (Å²) in [5, 5.41) is 2.96. The van der Waals surface area contributed by atoms with E-state index < -0.39 is 0 Å². The summed E-state index contributed by atoms with van der Waals surface area (Å²) >= 11 is 0. The van der Waals surface area contributed by atoms with Crippen molar-refractivity contribution in [2.75, 3.05) is 25.5 Å². The number of likely N-dealkylation sites (N-methyl/N-ethyl adjacent to an activating group) is 1. The Hall–Kier alpha value is -1.55. The maximum absolute atomic E-state index is 12.2. The number of carbonyl (C=O) groups excluding carboxylic acids is 1. The second kappa shape index (κ2) is 8.03. The molecule has 0 spiro atoms. The number of nitrogens with zero attached hydrogens (tertiary/aromatic N) is 1. The van der Waals surface area contributed by atoms with E-state index in [-0.39, 0.29) is 5.91 Å². The van der Waals surface area contributed by atoms with E-state index in [9.17, 15) is 4.79 Å². The highest BCUT2D eigenvalue weighted by Gasteiger charge is 2.21. The van der Waals surface area contributed by atoms with Gasteiger partial charge in [-0.1, -0.05) is 26.2 Å². The number of ether oxygens (including phenoxy) is 1. The molecular weight excluding hydrogens is 264 g/mol. The molecule has 116 valence electrons. The van der Waals surface area contributed by atoms with Gasteiger partial charge in [0.05, 0.1) is 13.7 Å². The van der Waals surface area contributed by atoms with Crippen molar-refractivity contribution in [3.8, 4) is 5.75 Å². The van der Waals surface area contributed by atoms with Crippen LogP contribution < -0.4 is 10.1 Å². The van der Waals surface area contributed by atoms with Crippen LogP contribution in [-0.4, -0.2) is 37.0 Å². The van der Waals surface area contributed by atoms with Crippen molar-refractivity contribution in [3.05, 3.63) is 24.3 Å². The number of carbonyl (C=O) groups is 1. The van der Waals surface area contributed by atoms with Crippen LogP contribution in [0.3, 0.4) is 0 Å². The highest BCUT2D eigenvalue weighted by Crippen LogP contribution is 2.22. The van der Waals surface area contributed by atoms with Gasteiger partial charge in [-0.15, -0.1) is 0 Å². The number of nitrogens with one attached hydrogen (secondary N) is 1. The van der Waals surface area contributed by atoms with E-state index in [2.05, 4.69) is 17.1 Å². The van der Waals surface area contributed by atoms with Crippen LogP contribution in [0.15, 0.2) is 24.3 Å². The minimum absolute atomic E-state index is 0.0626. The lowest BCUT2D eigenvalue weighted by Crippen LogP contribution is -2.41. The predicted octanol–water partition coefficient (Wildman–Crippen LogP) is 3.29. The quantitative estimate of drug-likeness (QED) is 0.874. The predicted molar refractivity (Wildman–Crippen MR) is 85.7 cm³/mol. The van der Waals surface area contributed by atoms with Gasteiger partial charge < -0.3 is 10.1 Å². The summed E-state index contributed by atoms with van der Waals surface area (Å²) in [6.07, 6.45) is 6.38. The molecule has 1 N–H and O–H groups in total. The lowest BCUT2D eigenvalue weighted by atomic mass is 9.94. The van der Waals surface area contributed by atoms with Crippen LogP contribution in [0.1, 0.15) is 39.0 Å². The Kier molecular flexibility index (Phi) is 6.05. The zero-order valence-electron chi connectivity index (χ0n) is 13.1. The van der Waals surface area contributed by atoms with Crippen LogP contribution in [0, 0.1) is 0 Å². The van der Waals surface area contributed by atoms with Gasteiger partial charge in [-0.25, -0.2) is 0 Å². The minimum atomic E-state index is 0.0626. The Morgan fingerprint density at radius 3 is 2.48 bits per heavy atom. The van der Waals surface area contributed by atoms with Crippen LogP contribution in [0.25, 0.3) is 0 Å². The first-order valence-corrected chi connectivity index (χ1v) is 7.91. The average Bonchev–Trinajstić information content (AvgIpc) is 2.54. The first kappa shape index (κ1) is 15.8. The molecule has 1 aromatic carbocycles. The molecular formula is C17H26N2O2. The Morgan fingerprint density at radius 1 is 1.24 bits per heavy atom. The number of benzene rings is 1. The first-order valence-electron chi connectivity index (χ1n) is 7.91. The fourth-order valence-corrected chi connectivity index (χ4v) is 3.00. The highest BCUT2D eigenvalue weighted by molar-refractivity contribution is 5.92. The summed E-state index contributed by atoms with van der Waals surface area (Å²) in [5.74, 6) is 0.859. The molecule has 0 heterocycles. The zero-order valence-corrected chi connectivity index (χ0v) is 13.1. The molecule has 1 saturated carbocycles. The first-order chi connectivity index (χ1) is 10.2. The van der Waals surface area contributed by atoms with Gasteiger partial charge in [-0.05, 0) is 43.7 Å². The molecule has 0 bridgehead atoms. The molecule has 21 heavy (non-hydrogen) atoms. The standard InChI is InChI=1S/C17H26N2O2/c1-3-19(15-7-5-4-6-8-15)13-17(20)18-14-9-11-16(21-2)12-10-14/h9-12,15H,3-8,13H2,1-2H3,(H,18,20). The molecule has 0 saturated heterocycles. The van der Waals surface area contributed by atoms with Gasteiger partial charge in [0.25, 0.3) is 0 Å². The number of amides is 1. The van der Waals surface area contributed by atoms with Gasteiger partial charge in [-0.2, -0.15) is 0 Å². The molecule has 1 aliphatic carbocycles. The molecule has 4 heteroatoms. The smallest absolute Gasteiger partial charge is 0.238 e. The number of anilines is 1. The average molecular weight is 290 g/mol. The van der Waals surface area contributed by atoms with Crippen molar-refractivity contribution in [1.29, 1.82) is 0 Å². The molecule has 0 aliphatic heterocycles. The molecule has 0 atom stereocenters. The normalized spacial score (nSPS) is 16.0. The third-order valence-corrected chi connectivity index (χ3v) is 4.22. The van der Waals surface area contributed by atoms with E-state index in [0.29, 0.717) is 12.6 Å². The summed E-state index contributed by atoms with van der Waals surface area (Å²) in [6.45, 7) is 3.54. The van der Waals surface area contributed by atoms with E-state index in [4.69, 9.17) is 4.74 Å². The van der Waals surface area contributed by atoms with Crippen molar-refractivity contribution in [2.24, 2.45) is 0 Å². The van der Waals surface area contributed by atoms with Crippen molar-refractivity contribution in [2.45, 2.75) is 45.1 Å². The molecule has 1 aromatic rings. The Morgan fingerprint density at radius 2 is 1.90 bits per heavy atom. The number of rotatable bonds is 6. The molecule has 1 aliphatic rings. The molecule has 0 unspecified atom stereocenters. The topological polar surface area (TPSA) is 41.6 Å². The molecule has 2 rings (SSSR count). The van der Waals surface area contributed by atoms with Gasteiger partial charge in [0, 0.05) is 11.7 Å². The number of methoxy groups -OCH3 is 1. The van der Waals surface area contributed by atoms with Crippen molar-refractivity contribution >= 4 is 11.6 Å². The highest BCUT2D eigenvalue weighted by atomic mass is 16.5. The summed E-state index contributed by atoms with van der Waals surface area (Å²) in [4.78, 5) is 14.5. The van der Waals surface area contributed by atoms with Gasteiger partial charge >= 0.3 is 0 Å². The third-order valence-electron chi connectivity index (χ3n) is 4.22. The van der Waals surface area contributed by atoms with Crippen LogP contribution in [-0.2, 0) is 4.79 Å². The van der Waals surface area contributed by atoms with Gasteiger partial charge in [-0.3, -0.25) is 9.69 Å². The maximum Gasteiger partial charge on any atom is 0.238 e. The lowest BCUT2D eigenvalue weighted by Gasteiger charge is -2.32. The maximum atomic E-state index is 12.2. The van der Waals surface area contributed by atoms with Crippen LogP contribution in [0.4, 0.5) is 5.69 Å². The largest absolute Gasteiger partial charge is 0.497 e. The number of hydrogen-bond acceptors (Lipinski definition) is 3. The molecule has 1 fully saturated rings. The third kappa shape index (κ3) is 4.74. The van der Waals surface area contributed by atoms with E-state index in [1.807, 2.05) is 24.3 Å². The van der Waals surface area contributed by atoms with Gasteiger partial charge in [0.15, 0.2) is 0 Å². The molecule has 4 nitrogen and oxygen atoms in total. The zero-order chi connectivity index (χ0) is 15.1. The number of hydrogen-bond donors (Lipinski definition) is 1. The van der Waals surface area contributed by atoms with E-state index in [1.165, 1.54) is 32.1 Å². The van der Waals surface area contributed by atoms with Crippen LogP contribution >= 0.6 is 0 Å². The summed E-state index contributed by atoms with van der Waals surface area (Å²) in [6, 6.07) is 8.02. The van der Waals surface area contributed by atoms with Gasteiger partial charge in [0.2, 0.25) is 5.91 Å². The van der Waals surface area contributed by atoms with Crippen molar-refractivity contribution in [1.82, 2.24) is 4.90 Å². The van der Waals surface area contributed by atoms with Gasteiger partial charge in [0.1, 0.15) is 5.75 Å². The Balaban J connectivity index is 1.86. The van der Waals surface area contributed by atoms with E-state index in [0.717, 1.165) is 18.0 Å². The monoisotopic (exact) mass is 290 g/mol. The SMILES string of the molecule is CCN(CC(=O)Nc1ccc(OC)cc1)C1CCCCC1. The lowest BCUT2D eigenvalue weighted by molar-refractivity contribution is -0.118. The summed E-state index contributed by atoms with van der Waals surface area (Å²) in [7, 11) is 1.64. The second-order valence-corrected chi connectivity index (χ2v) is 5.63.